The molecule has 0 radical (unpaired) electrons. The number of ether oxygens (including phenoxy) is 2. The summed E-state index contributed by atoms with van der Waals surface area (Å²) in [6.07, 6.45) is 0. The van der Waals surface area contributed by atoms with Gasteiger partial charge in [0.15, 0.2) is 11.5 Å². The summed E-state index contributed by atoms with van der Waals surface area (Å²) in [5, 5.41) is 2.76. The molecule has 2 N–H and O–H groups in total. The fourth-order valence-electron chi connectivity index (χ4n) is 2.51. The van der Waals surface area contributed by atoms with E-state index in [-0.39, 0.29) is 28.1 Å². The van der Waals surface area contributed by atoms with Crippen LogP contribution in [0.1, 0.15) is 38.1 Å². The number of hydrogen-bond donors (Lipinski definition) is 2. The first kappa shape index (κ1) is 21.6. The summed E-state index contributed by atoms with van der Waals surface area (Å²) in [7, 11) is -3.94. The fourth-order valence-corrected chi connectivity index (χ4v) is 3.61. The van der Waals surface area contributed by atoms with Gasteiger partial charge in [0, 0.05) is 12.1 Å². The van der Waals surface area contributed by atoms with Gasteiger partial charge in [0.2, 0.25) is 0 Å². The average molecular weight is 407 g/mol. The van der Waals surface area contributed by atoms with Crippen molar-refractivity contribution in [1.82, 2.24) is 5.32 Å². The SMILES string of the molecule is CCOc1ccc(S(=O)(=O)Nc2ccccc2C(=O)NC(C)C)cc1OCC. The maximum atomic E-state index is 12.9. The Morgan fingerprint density at radius 2 is 1.64 bits per heavy atom. The fraction of sp³-hybridized carbons (Fsp3) is 0.350. The van der Waals surface area contributed by atoms with Gasteiger partial charge in [-0.15, -0.1) is 0 Å². The molecule has 2 rings (SSSR count). The zero-order chi connectivity index (χ0) is 20.7. The molecular weight excluding hydrogens is 380 g/mol. The van der Waals surface area contributed by atoms with Crippen molar-refractivity contribution in [2.75, 3.05) is 17.9 Å². The van der Waals surface area contributed by atoms with Crippen molar-refractivity contribution in [2.24, 2.45) is 0 Å². The molecule has 0 saturated heterocycles. The number of carbonyl (C=O) groups excluding carboxylic acids is 1. The van der Waals surface area contributed by atoms with E-state index in [0.717, 1.165) is 0 Å². The summed E-state index contributed by atoms with van der Waals surface area (Å²) >= 11 is 0. The molecule has 8 heteroatoms. The molecule has 0 unspecified atom stereocenters. The minimum Gasteiger partial charge on any atom is -0.490 e. The number of amides is 1. The minimum atomic E-state index is -3.94. The summed E-state index contributed by atoms with van der Waals surface area (Å²) in [6, 6.07) is 10.8. The second-order valence-corrected chi connectivity index (χ2v) is 7.94. The van der Waals surface area contributed by atoms with Gasteiger partial charge >= 0.3 is 0 Å². The second-order valence-electron chi connectivity index (χ2n) is 6.25. The quantitative estimate of drug-likeness (QED) is 0.665. The van der Waals surface area contributed by atoms with E-state index in [1.165, 1.54) is 12.1 Å². The highest BCUT2D eigenvalue weighted by Gasteiger charge is 2.21. The van der Waals surface area contributed by atoms with E-state index in [9.17, 15) is 13.2 Å². The van der Waals surface area contributed by atoms with Crippen molar-refractivity contribution >= 4 is 21.6 Å². The highest BCUT2D eigenvalue weighted by molar-refractivity contribution is 7.92. The number of anilines is 1. The molecule has 0 aromatic heterocycles. The van der Waals surface area contributed by atoms with Gasteiger partial charge in [0.25, 0.3) is 15.9 Å². The van der Waals surface area contributed by atoms with Crippen molar-refractivity contribution in [3.8, 4) is 11.5 Å². The number of para-hydroxylation sites is 1. The average Bonchev–Trinajstić information content (AvgIpc) is 2.63. The van der Waals surface area contributed by atoms with E-state index in [1.807, 2.05) is 20.8 Å². The normalized spacial score (nSPS) is 11.2. The van der Waals surface area contributed by atoms with Crippen LogP contribution in [0.4, 0.5) is 5.69 Å². The molecule has 2 aromatic carbocycles. The van der Waals surface area contributed by atoms with E-state index < -0.39 is 10.0 Å². The van der Waals surface area contributed by atoms with Gasteiger partial charge in [-0.1, -0.05) is 12.1 Å². The van der Waals surface area contributed by atoms with Crippen LogP contribution in [-0.4, -0.2) is 33.6 Å². The highest BCUT2D eigenvalue weighted by Crippen LogP contribution is 2.31. The molecule has 152 valence electrons. The zero-order valence-electron chi connectivity index (χ0n) is 16.5. The summed E-state index contributed by atoms with van der Waals surface area (Å²) in [4.78, 5) is 12.4. The number of carbonyl (C=O) groups is 1. The molecule has 7 nitrogen and oxygen atoms in total. The number of benzene rings is 2. The third-order valence-electron chi connectivity index (χ3n) is 3.66. The van der Waals surface area contributed by atoms with E-state index >= 15 is 0 Å². The molecular formula is C20H26N2O5S. The Kier molecular flexibility index (Phi) is 7.28. The lowest BCUT2D eigenvalue weighted by Crippen LogP contribution is -2.31. The highest BCUT2D eigenvalue weighted by atomic mass is 32.2. The van der Waals surface area contributed by atoms with Gasteiger partial charge in [-0.2, -0.15) is 0 Å². The first-order valence-corrected chi connectivity index (χ1v) is 10.6. The van der Waals surface area contributed by atoms with Crippen molar-refractivity contribution in [1.29, 1.82) is 0 Å². The van der Waals surface area contributed by atoms with Crippen molar-refractivity contribution in [3.63, 3.8) is 0 Å². The van der Waals surface area contributed by atoms with Crippen molar-refractivity contribution in [2.45, 2.75) is 38.6 Å². The Bertz CT molecular complexity index is 926. The predicted octanol–water partition coefficient (Wildman–Crippen LogP) is 3.42. The van der Waals surface area contributed by atoms with Crippen LogP contribution in [0.3, 0.4) is 0 Å². The first-order chi connectivity index (χ1) is 13.3. The summed E-state index contributed by atoms with van der Waals surface area (Å²) < 4.78 is 39.2. The van der Waals surface area contributed by atoms with E-state index in [2.05, 4.69) is 10.0 Å². The molecule has 2 aromatic rings. The van der Waals surface area contributed by atoms with Gasteiger partial charge in [-0.25, -0.2) is 8.42 Å². The summed E-state index contributed by atoms with van der Waals surface area (Å²) in [5.74, 6) is 0.466. The smallest absolute Gasteiger partial charge is 0.262 e. The van der Waals surface area contributed by atoms with Crippen LogP contribution in [0.5, 0.6) is 11.5 Å². The van der Waals surface area contributed by atoms with Crippen LogP contribution in [0.2, 0.25) is 0 Å². The molecule has 0 aliphatic rings. The molecule has 0 fully saturated rings. The maximum absolute atomic E-state index is 12.9. The zero-order valence-corrected chi connectivity index (χ0v) is 17.3. The van der Waals surface area contributed by atoms with Gasteiger partial charge in [-0.3, -0.25) is 9.52 Å². The Labute approximate surface area is 166 Å². The predicted molar refractivity (Wildman–Crippen MR) is 109 cm³/mol. The molecule has 0 aliphatic carbocycles. The Hall–Kier alpha value is -2.74. The lowest BCUT2D eigenvalue weighted by atomic mass is 10.1. The monoisotopic (exact) mass is 406 g/mol. The number of rotatable bonds is 9. The van der Waals surface area contributed by atoms with Gasteiger partial charge < -0.3 is 14.8 Å². The van der Waals surface area contributed by atoms with Crippen molar-refractivity contribution < 1.29 is 22.7 Å². The Morgan fingerprint density at radius 3 is 2.29 bits per heavy atom. The lowest BCUT2D eigenvalue weighted by molar-refractivity contribution is 0.0944. The first-order valence-electron chi connectivity index (χ1n) is 9.10. The van der Waals surface area contributed by atoms with Crippen LogP contribution >= 0.6 is 0 Å². The third-order valence-corrected chi connectivity index (χ3v) is 5.02. The standard InChI is InChI=1S/C20H26N2O5S/c1-5-26-18-12-11-15(13-19(18)27-6-2)28(24,25)22-17-10-8-7-9-16(17)20(23)21-14(3)4/h7-14,22H,5-6H2,1-4H3,(H,21,23). The van der Waals surface area contributed by atoms with Crippen LogP contribution in [0.25, 0.3) is 0 Å². The summed E-state index contributed by atoms with van der Waals surface area (Å²) in [6.45, 7) is 8.11. The molecule has 0 atom stereocenters. The molecule has 0 aliphatic heterocycles. The van der Waals surface area contributed by atoms with Crippen LogP contribution in [0, 0.1) is 0 Å². The lowest BCUT2D eigenvalue weighted by Gasteiger charge is -2.15. The number of sulfonamides is 1. The van der Waals surface area contributed by atoms with E-state index in [0.29, 0.717) is 24.7 Å². The molecule has 28 heavy (non-hydrogen) atoms. The topological polar surface area (TPSA) is 93.7 Å². The molecule has 0 bridgehead atoms. The van der Waals surface area contributed by atoms with Crippen molar-refractivity contribution in [3.05, 3.63) is 48.0 Å². The van der Waals surface area contributed by atoms with E-state index in [1.54, 1.807) is 37.3 Å². The van der Waals surface area contributed by atoms with Crippen LogP contribution in [-0.2, 0) is 10.0 Å². The van der Waals surface area contributed by atoms with Gasteiger partial charge in [0.1, 0.15) is 0 Å². The van der Waals surface area contributed by atoms with E-state index in [4.69, 9.17) is 9.47 Å². The van der Waals surface area contributed by atoms with Gasteiger partial charge in [-0.05, 0) is 52.0 Å². The third kappa shape index (κ3) is 5.39. The largest absolute Gasteiger partial charge is 0.490 e. The Morgan fingerprint density at radius 1 is 1.00 bits per heavy atom. The van der Waals surface area contributed by atoms with Crippen LogP contribution in [0.15, 0.2) is 47.4 Å². The molecule has 0 spiro atoms. The Balaban J connectivity index is 2.37. The van der Waals surface area contributed by atoms with Crippen LogP contribution < -0.4 is 19.5 Å². The summed E-state index contributed by atoms with van der Waals surface area (Å²) in [5.41, 5.74) is 0.447. The second kappa shape index (κ2) is 9.45. The molecule has 0 heterocycles. The minimum absolute atomic E-state index is 0.0125. The molecule has 1 amide bonds. The molecule has 0 saturated carbocycles. The maximum Gasteiger partial charge on any atom is 0.262 e. The van der Waals surface area contributed by atoms with Gasteiger partial charge in [0.05, 0.1) is 29.4 Å². The number of nitrogens with one attached hydrogen (secondary N) is 2. The number of hydrogen-bond acceptors (Lipinski definition) is 5.